The lowest BCUT2D eigenvalue weighted by Crippen LogP contribution is -2.36. The zero-order chi connectivity index (χ0) is 21.6. The van der Waals surface area contributed by atoms with Crippen molar-refractivity contribution in [3.63, 3.8) is 0 Å². The predicted molar refractivity (Wildman–Crippen MR) is 101 cm³/mol. The number of nitrogens with zero attached hydrogens (tertiary/aromatic N) is 2. The molecule has 0 bridgehead atoms. The molecule has 9 nitrogen and oxygen atoms in total. The summed E-state index contributed by atoms with van der Waals surface area (Å²) in [6.45, 7) is 0. The number of benzene rings is 2. The molecule has 30 heavy (non-hydrogen) atoms. The third kappa shape index (κ3) is 2.67. The molecule has 1 atom stereocenters. The number of rotatable bonds is 3. The number of nitro groups is 1. The van der Waals surface area contributed by atoms with Gasteiger partial charge in [0.2, 0.25) is 11.7 Å². The molecule has 1 aliphatic heterocycles. The van der Waals surface area contributed by atoms with Crippen molar-refractivity contribution in [2.75, 3.05) is 0 Å². The number of hydrogen-bond donors (Lipinski definition) is 1. The van der Waals surface area contributed by atoms with Crippen molar-refractivity contribution in [3.8, 4) is 6.07 Å². The second-order valence-corrected chi connectivity index (χ2v) is 6.54. The molecule has 1 aliphatic carbocycles. The quantitative estimate of drug-likeness (QED) is 0.467. The molecule has 2 aromatic rings. The van der Waals surface area contributed by atoms with E-state index in [0.29, 0.717) is 0 Å². The highest BCUT2D eigenvalue weighted by molar-refractivity contribution is 6.28. The van der Waals surface area contributed by atoms with Gasteiger partial charge < -0.3 is 10.5 Å². The van der Waals surface area contributed by atoms with Crippen LogP contribution in [0.4, 0.5) is 5.69 Å². The molecule has 2 aromatic carbocycles. The van der Waals surface area contributed by atoms with Gasteiger partial charge >= 0.3 is 0 Å². The molecular weight excluding hydrogens is 390 g/mol. The maximum absolute atomic E-state index is 13.3. The van der Waals surface area contributed by atoms with Gasteiger partial charge in [-0.1, -0.05) is 24.3 Å². The summed E-state index contributed by atoms with van der Waals surface area (Å²) in [7, 11) is 0. The summed E-state index contributed by atoms with van der Waals surface area (Å²) in [4.78, 5) is 49.5. The van der Waals surface area contributed by atoms with E-state index in [1.807, 2.05) is 0 Å². The molecule has 9 heteroatoms. The van der Waals surface area contributed by atoms with Crippen LogP contribution in [-0.2, 0) is 4.74 Å². The lowest BCUT2D eigenvalue weighted by Gasteiger charge is -2.29. The number of fused-ring (bicyclic) bond motifs is 1. The van der Waals surface area contributed by atoms with E-state index in [0.717, 1.165) is 12.1 Å². The molecule has 4 rings (SSSR count). The zero-order valence-electron chi connectivity index (χ0n) is 15.1. The minimum absolute atomic E-state index is 0.0130. The van der Waals surface area contributed by atoms with Crippen molar-refractivity contribution in [2.45, 2.75) is 0 Å². The van der Waals surface area contributed by atoms with E-state index in [2.05, 4.69) is 0 Å². The smallest absolute Gasteiger partial charge is 0.269 e. The minimum Gasteiger partial charge on any atom is -0.436 e. The molecule has 1 unspecified atom stereocenters. The Balaban J connectivity index is 1.88. The fourth-order valence-electron chi connectivity index (χ4n) is 3.48. The highest BCUT2D eigenvalue weighted by Crippen LogP contribution is 2.40. The Morgan fingerprint density at radius 3 is 2.23 bits per heavy atom. The number of hydrogen-bond acceptors (Lipinski definition) is 8. The number of allylic oxidation sites excluding steroid dienone is 3. The lowest BCUT2D eigenvalue weighted by molar-refractivity contribution is -0.384. The fraction of sp³-hybridized carbons (Fsp3) is 0.0476. The average Bonchev–Trinajstić information content (AvgIpc) is 2.76. The first-order valence-electron chi connectivity index (χ1n) is 8.64. The predicted octanol–water partition coefficient (Wildman–Crippen LogP) is 2.45. The van der Waals surface area contributed by atoms with Gasteiger partial charge in [0.1, 0.15) is 11.6 Å². The van der Waals surface area contributed by atoms with Gasteiger partial charge in [-0.05, 0) is 12.1 Å². The maximum atomic E-state index is 13.3. The van der Waals surface area contributed by atoms with Crippen molar-refractivity contribution in [2.24, 2.45) is 11.7 Å². The van der Waals surface area contributed by atoms with Gasteiger partial charge in [-0.2, -0.15) is 5.26 Å². The molecule has 0 spiro atoms. The van der Waals surface area contributed by atoms with E-state index in [4.69, 9.17) is 10.5 Å². The van der Waals surface area contributed by atoms with Crippen LogP contribution in [0.3, 0.4) is 0 Å². The Labute approximate surface area is 168 Å². The van der Waals surface area contributed by atoms with Gasteiger partial charge in [0.25, 0.3) is 5.69 Å². The van der Waals surface area contributed by atoms with E-state index in [-0.39, 0.29) is 33.5 Å². The molecule has 0 saturated carbocycles. The number of ether oxygens (including phenoxy) is 1. The average molecular weight is 401 g/mol. The topological polar surface area (TPSA) is 153 Å². The highest BCUT2D eigenvalue weighted by atomic mass is 16.6. The highest BCUT2D eigenvalue weighted by Gasteiger charge is 2.46. The van der Waals surface area contributed by atoms with Crippen LogP contribution in [0.1, 0.15) is 31.1 Å². The van der Waals surface area contributed by atoms with Gasteiger partial charge in [0, 0.05) is 28.8 Å². The summed E-state index contributed by atoms with van der Waals surface area (Å²) in [5.41, 5.74) is 5.19. The first kappa shape index (κ1) is 18.8. The number of carbonyl (C=O) groups is 3. The van der Waals surface area contributed by atoms with E-state index in [1.54, 1.807) is 18.2 Å². The van der Waals surface area contributed by atoms with Crippen LogP contribution in [0.15, 0.2) is 71.3 Å². The Kier molecular flexibility index (Phi) is 4.25. The van der Waals surface area contributed by atoms with Crippen LogP contribution in [0.5, 0.6) is 0 Å². The second kappa shape index (κ2) is 6.79. The molecule has 1 heterocycles. The standard InChI is InChI=1S/C21H11N3O6/c22-9-14-15(17(25)10-5-7-11(8-6-10)24(28)29)16-18(26)12-3-1-2-4-13(12)19(27)20(16)30-21(14)23/h1-8,15H,23H2. The van der Waals surface area contributed by atoms with Crippen LogP contribution in [0.2, 0.25) is 0 Å². The van der Waals surface area contributed by atoms with E-state index in [9.17, 15) is 29.8 Å². The molecular formula is C21H11N3O6. The van der Waals surface area contributed by atoms with Crippen molar-refractivity contribution < 1.29 is 24.0 Å². The van der Waals surface area contributed by atoms with Crippen LogP contribution in [0.25, 0.3) is 0 Å². The molecule has 0 radical (unpaired) electrons. The Morgan fingerprint density at radius 2 is 1.67 bits per heavy atom. The van der Waals surface area contributed by atoms with Crippen molar-refractivity contribution in [3.05, 3.63) is 98.1 Å². The summed E-state index contributed by atoms with van der Waals surface area (Å²) >= 11 is 0. The number of nitrogens with two attached hydrogens (primary N) is 1. The van der Waals surface area contributed by atoms with Crippen molar-refractivity contribution >= 4 is 23.0 Å². The Bertz CT molecular complexity index is 1260. The number of non-ortho nitro benzene ring substituents is 1. The monoisotopic (exact) mass is 401 g/mol. The normalized spacial score (nSPS) is 17.6. The largest absolute Gasteiger partial charge is 0.436 e. The lowest BCUT2D eigenvalue weighted by atomic mass is 9.75. The second-order valence-electron chi connectivity index (χ2n) is 6.54. The van der Waals surface area contributed by atoms with Gasteiger partial charge in [0.05, 0.1) is 16.4 Å². The third-order valence-electron chi connectivity index (χ3n) is 4.91. The van der Waals surface area contributed by atoms with Crippen molar-refractivity contribution in [1.82, 2.24) is 0 Å². The molecule has 146 valence electrons. The number of carbonyl (C=O) groups excluding carboxylic acids is 3. The molecule has 2 aliphatic rings. The summed E-state index contributed by atoms with van der Waals surface area (Å²) in [5, 5.41) is 20.4. The number of ketones is 3. The number of nitro benzene ring substituents is 1. The van der Waals surface area contributed by atoms with Crippen LogP contribution < -0.4 is 5.73 Å². The zero-order valence-corrected chi connectivity index (χ0v) is 15.1. The van der Waals surface area contributed by atoms with Crippen LogP contribution in [-0.4, -0.2) is 22.3 Å². The van der Waals surface area contributed by atoms with Gasteiger partial charge in [0.15, 0.2) is 17.3 Å². The van der Waals surface area contributed by atoms with Crippen LogP contribution in [0, 0.1) is 27.4 Å². The fourth-order valence-corrected chi connectivity index (χ4v) is 3.48. The summed E-state index contributed by atoms with van der Waals surface area (Å²) < 4.78 is 5.30. The molecule has 0 amide bonds. The third-order valence-corrected chi connectivity index (χ3v) is 4.91. The Hall–Kier alpha value is -4.58. The first-order valence-corrected chi connectivity index (χ1v) is 8.64. The van der Waals surface area contributed by atoms with Gasteiger partial charge in [-0.3, -0.25) is 24.5 Å². The molecule has 2 N–H and O–H groups in total. The van der Waals surface area contributed by atoms with E-state index in [1.165, 1.54) is 24.3 Å². The molecule has 0 aromatic heterocycles. The van der Waals surface area contributed by atoms with Gasteiger partial charge in [-0.25, -0.2) is 0 Å². The number of nitriles is 1. The molecule has 0 saturated heterocycles. The maximum Gasteiger partial charge on any atom is 0.269 e. The van der Waals surface area contributed by atoms with E-state index >= 15 is 0 Å². The van der Waals surface area contributed by atoms with Crippen molar-refractivity contribution in [1.29, 1.82) is 5.26 Å². The Morgan fingerprint density at radius 1 is 1.07 bits per heavy atom. The van der Waals surface area contributed by atoms with Gasteiger partial charge in [-0.15, -0.1) is 0 Å². The summed E-state index contributed by atoms with van der Waals surface area (Å²) in [5.74, 6) is -4.26. The molecule has 0 fully saturated rings. The number of Topliss-reactive ketones (excluding diaryl/α,β-unsaturated/α-hetero) is 3. The van der Waals surface area contributed by atoms with E-state index < -0.39 is 39.8 Å². The first-order chi connectivity index (χ1) is 14.3. The summed E-state index contributed by atoms with van der Waals surface area (Å²) in [6, 6.07) is 12.5. The van der Waals surface area contributed by atoms with Crippen LogP contribution >= 0.6 is 0 Å². The minimum atomic E-state index is -1.47. The SMILES string of the molecule is N#CC1=C(N)OC2=C(C(=O)c3ccccc3C2=O)C1C(=O)c1ccc([N+](=O)[O-])cc1. The summed E-state index contributed by atoms with van der Waals surface area (Å²) in [6.07, 6.45) is 0.